The fourth-order valence-electron chi connectivity index (χ4n) is 2.97. The average Bonchev–Trinajstić information content (AvgIpc) is 2.47. The zero-order chi connectivity index (χ0) is 17.0. The molecule has 1 aliphatic heterocycles. The highest BCUT2D eigenvalue weighted by molar-refractivity contribution is 7.88. The van der Waals surface area contributed by atoms with Gasteiger partial charge in [0.1, 0.15) is 5.82 Å². The number of rotatable bonds is 4. The third kappa shape index (κ3) is 4.90. The summed E-state index contributed by atoms with van der Waals surface area (Å²) in [7, 11) is -2.13. The lowest BCUT2D eigenvalue weighted by Crippen LogP contribution is -2.57. The van der Waals surface area contributed by atoms with E-state index in [-0.39, 0.29) is 5.82 Å². The van der Waals surface area contributed by atoms with Crippen LogP contribution in [0, 0.1) is 5.82 Å². The molecule has 1 saturated heterocycles. The maximum atomic E-state index is 13.4. The molecule has 0 radical (unpaired) electrons. The number of nitrogens with one attached hydrogen (secondary N) is 1. The molecular formula is C15H21FN2O4S. The minimum atomic E-state index is -3.42. The van der Waals surface area contributed by atoms with Crippen LogP contribution in [-0.4, -0.2) is 51.4 Å². The Hall–Kier alpha value is -1.67. The van der Waals surface area contributed by atoms with Crippen LogP contribution in [0.1, 0.15) is 18.4 Å². The molecule has 1 aromatic carbocycles. The first-order valence-electron chi connectivity index (χ1n) is 7.36. The van der Waals surface area contributed by atoms with Crippen LogP contribution in [-0.2, 0) is 21.2 Å². The zero-order valence-corrected chi connectivity index (χ0v) is 14.0. The molecule has 1 heterocycles. The molecule has 0 bridgehead atoms. The van der Waals surface area contributed by atoms with Gasteiger partial charge in [0.25, 0.3) is 0 Å². The summed E-state index contributed by atoms with van der Waals surface area (Å²) in [6, 6.07) is 5.23. The van der Waals surface area contributed by atoms with Gasteiger partial charge in [-0.05, 0) is 37.0 Å². The van der Waals surface area contributed by atoms with Crippen LogP contribution < -0.4 is 4.72 Å². The van der Waals surface area contributed by atoms with Crippen LogP contribution in [0.15, 0.2) is 24.3 Å². The number of ether oxygens (including phenoxy) is 1. The third-order valence-electron chi connectivity index (χ3n) is 3.89. The van der Waals surface area contributed by atoms with Gasteiger partial charge >= 0.3 is 6.09 Å². The molecule has 2 rings (SSSR count). The van der Waals surface area contributed by atoms with Crippen molar-refractivity contribution in [2.24, 2.45) is 0 Å². The molecule has 2 atom stereocenters. The number of halogens is 1. The van der Waals surface area contributed by atoms with E-state index in [2.05, 4.69) is 4.72 Å². The van der Waals surface area contributed by atoms with Crippen molar-refractivity contribution in [3.05, 3.63) is 35.6 Å². The second-order valence-electron chi connectivity index (χ2n) is 5.70. The van der Waals surface area contributed by atoms with Crippen LogP contribution in [0.4, 0.5) is 9.18 Å². The molecule has 1 aromatic rings. The van der Waals surface area contributed by atoms with Crippen molar-refractivity contribution in [2.75, 3.05) is 19.9 Å². The minimum absolute atomic E-state index is 0.347. The van der Waals surface area contributed by atoms with E-state index in [0.29, 0.717) is 31.4 Å². The van der Waals surface area contributed by atoms with Crippen LogP contribution >= 0.6 is 0 Å². The second-order valence-corrected chi connectivity index (χ2v) is 7.48. The summed E-state index contributed by atoms with van der Waals surface area (Å²) in [6.07, 6.45) is 2.21. The van der Waals surface area contributed by atoms with E-state index in [1.807, 2.05) is 0 Å². The van der Waals surface area contributed by atoms with E-state index in [4.69, 9.17) is 4.74 Å². The normalized spacial score (nSPS) is 22.0. The lowest BCUT2D eigenvalue weighted by molar-refractivity contribution is 0.0792. The fraction of sp³-hybridized carbons (Fsp3) is 0.533. The summed E-state index contributed by atoms with van der Waals surface area (Å²) in [5.41, 5.74) is 0.700. The summed E-state index contributed by atoms with van der Waals surface area (Å²) < 4.78 is 44.0. The maximum Gasteiger partial charge on any atom is 0.409 e. The standard InChI is InChI=1S/C15H21FN2O4S/c1-22-15(19)18-8-4-7-13(17-23(2,20)21)14(18)10-11-5-3-6-12(16)9-11/h3,5-6,9,13-14,17H,4,7-8,10H2,1-2H3. The van der Waals surface area contributed by atoms with Crippen molar-refractivity contribution in [1.29, 1.82) is 0 Å². The molecule has 128 valence electrons. The highest BCUT2D eigenvalue weighted by Crippen LogP contribution is 2.23. The van der Waals surface area contributed by atoms with Crippen LogP contribution in [0.5, 0.6) is 0 Å². The van der Waals surface area contributed by atoms with Crippen molar-refractivity contribution >= 4 is 16.1 Å². The number of piperidine rings is 1. The Morgan fingerprint density at radius 3 is 2.83 bits per heavy atom. The predicted molar refractivity (Wildman–Crippen MR) is 84.0 cm³/mol. The Kier molecular flexibility index (Phi) is 5.59. The molecule has 0 aromatic heterocycles. The van der Waals surface area contributed by atoms with Gasteiger partial charge in [0.15, 0.2) is 0 Å². The molecule has 1 amide bonds. The number of hydrogen-bond donors (Lipinski definition) is 1. The van der Waals surface area contributed by atoms with Crippen molar-refractivity contribution < 1.29 is 22.3 Å². The topological polar surface area (TPSA) is 75.7 Å². The summed E-state index contributed by atoms with van der Waals surface area (Å²) in [6.45, 7) is 0.481. The average molecular weight is 344 g/mol. The molecule has 0 saturated carbocycles. The van der Waals surface area contributed by atoms with Crippen LogP contribution in [0.25, 0.3) is 0 Å². The molecule has 1 aliphatic rings. The lowest BCUT2D eigenvalue weighted by Gasteiger charge is -2.40. The van der Waals surface area contributed by atoms with E-state index >= 15 is 0 Å². The van der Waals surface area contributed by atoms with E-state index in [1.165, 1.54) is 24.1 Å². The van der Waals surface area contributed by atoms with Crippen LogP contribution in [0.2, 0.25) is 0 Å². The first-order chi connectivity index (χ1) is 10.8. The van der Waals surface area contributed by atoms with Crippen molar-refractivity contribution in [1.82, 2.24) is 9.62 Å². The van der Waals surface area contributed by atoms with E-state index in [1.54, 1.807) is 12.1 Å². The van der Waals surface area contributed by atoms with Gasteiger partial charge in [0.2, 0.25) is 10.0 Å². The van der Waals surface area contributed by atoms with E-state index in [0.717, 1.165) is 6.26 Å². The highest BCUT2D eigenvalue weighted by atomic mass is 32.2. The quantitative estimate of drug-likeness (QED) is 0.898. The third-order valence-corrected chi connectivity index (χ3v) is 4.62. The van der Waals surface area contributed by atoms with Crippen molar-refractivity contribution in [3.8, 4) is 0 Å². The number of benzene rings is 1. The van der Waals surface area contributed by atoms with Gasteiger partial charge in [-0.2, -0.15) is 0 Å². The Balaban J connectivity index is 2.28. The molecule has 0 spiro atoms. The van der Waals surface area contributed by atoms with Gasteiger partial charge in [-0.3, -0.25) is 0 Å². The monoisotopic (exact) mass is 344 g/mol. The van der Waals surface area contributed by atoms with Crippen LogP contribution in [0.3, 0.4) is 0 Å². The Morgan fingerprint density at radius 2 is 2.22 bits per heavy atom. The first-order valence-corrected chi connectivity index (χ1v) is 9.25. The van der Waals surface area contributed by atoms with Gasteiger partial charge in [0, 0.05) is 12.6 Å². The molecule has 6 nitrogen and oxygen atoms in total. The molecular weight excluding hydrogens is 323 g/mol. The summed E-state index contributed by atoms with van der Waals surface area (Å²) >= 11 is 0. The maximum absolute atomic E-state index is 13.4. The number of amides is 1. The van der Waals surface area contributed by atoms with E-state index < -0.39 is 28.2 Å². The Bertz CT molecular complexity index is 665. The smallest absolute Gasteiger partial charge is 0.409 e. The van der Waals surface area contributed by atoms with Gasteiger partial charge in [-0.25, -0.2) is 22.3 Å². The number of likely N-dealkylation sites (tertiary alicyclic amines) is 1. The summed E-state index contributed by atoms with van der Waals surface area (Å²) in [5.74, 6) is -0.365. The Labute approximate surface area is 135 Å². The SMILES string of the molecule is COC(=O)N1CCCC(NS(C)(=O)=O)C1Cc1cccc(F)c1. The fourth-order valence-corrected chi connectivity index (χ4v) is 3.80. The van der Waals surface area contributed by atoms with Gasteiger partial charge in [-0.1, -0.05) is 12.1 Å². The van der Waals surface area contributed by atoms with Gasteiger partial charge < -0.3 is 9.64 Å². The number of nitrogens with zero attached hydrogens (tertiary/aromatic N) is 1. The van der Waals surface area contributed by atoms with Crippen molar-refractivity contribution in [3.63, 3.8) is 0 Å². The molecule has 1 fully saturated rings. The number of carbonyl (C=O) groups is 1. The molecule has 2 unspecified atom stereocenters. The minimum Gasteiger partial charge on any atom is -0.453 e. The number of methoxy groups -OCH3 is 1. The number of hydrogen-bond acceptors (Lipinski definition) is 4. The zero-order valence-electron chi connectivity index (χ0n) is 13.2. The summed E-state index contributed by atoms with van der Waals surface area (Å²) in [5, 5.41) is 0. The number of sulfonamides is 1. The number of carbonyl (C=O) groups excluding carboxylic acids is 1. The highest BCUT2D eigenvalue weighted by Gasteiger charge is 2.36. The molecule has 1 N–H and O–H groups in total. The van der Waals surface area contributed by atoms with Gasteiger partial charge in [-0.15, -0.1) is 0 Å². The molecule has 8 heteroatoms. The van der Waals surface area contributed by atoms with Crippen molar-refractivity contribution in [2.45, 2.75) is 31.3 Å². The Morgan fingerprint density at radius 1 is 1.48 bits per heavy atom. The van der Waals surface area contributed by atoms with Gasteiger partial charge in [0.05, 0.1) is 19.4 Å². The summed E-state index contributed by atoms with van der Waals surface area (Å²) in [4.78, 5) is 13.5. The first kappa shape index (κ1) is 17.7. The van der Waals surface area contributed by atoms with E-state index in [9.17, 15) is 17.6 Å². The molecule has 0 aliphatic carbocycles. The largest absolute Gasteiger partial charge is 0.453 e. The molecule has 23 heavy (non-hydrogen) atoms. The second kappa shape index (κ2) is 7.27. The lowest BCUT2D eigenvalue weighted by atomic mass is 9.92. The predicted octanol–water partition coefficient (Wildman–Crippen LogP) is 1.52.